The standard InChI is InChI=1S/C51H34N2/c1-33-41-26-24-35-16-11-12-23-42(35)49(41)46(32-44(33)34-14-5-2-6-15-34)39-22-13-21-38(30-39)45-31-40-25-28-47(36-17-7-3-8-18-36)52-50(40)51-43(45)27-29-48(53-51)37-19-9-4-10-20-37/h2-32,44H,1H2. The fraction of sp³-hybridized carbons (Fsp3) is 0.0196. The SMILES string of the molecule is C=C1c2ccc3ccccc3c2C(c2cccc(-c3cc4ccc(-c5ccccc5)nc4c4nc(-c5ccccc5)ccc34)c2)=CC1c1ccccc1. The van der Waals surface area contributed by atoms with E-state index in [1.165, 1.54) is 38.6 Å². The molecule has 1 atom stereocenters. The Kier molecular flexibility index (Phi) is 7.40. The van der Waals surface area contributed by atoms with Crippen molar-refractivity contribution in [2.75, 3.05) is 0 Å². The van der Waals surface area contributed by atoms with Crippen LogP contribution in [0.5, 0.6) is 0 Å². The number of pyridine rings is 2. The summed E-state index contributed by atoms with van der Waals surface area (Å²) in [7, 11) is 0. The van der Waals surface area contributed by atoms with Crippen LogP contribution in [0.3, 0.4) is 0 Å². The van der Waals surface area contributed by atoms with Gasteiger partial charge in [-0.15, -0.1) is 0 Å². The molecule has 2 aromatic heterocycles. The van der Waals surface area contributed by atoms with E-state index in [4.69, 9.17) is 9.97 Å². The number of hydrogen-bond donors (Lipinski definition) is 0. The first-order valence-corrected chi connectivity index (χ1v) is 18.1. The quantitative estimate of drug-likeness (QED) is 0.170. The maximum absolute atomic E-state index is 5.34. The molecule has 0 saturated heterocycles. The first-order valence-electron chi connectivity index (χ1n) is 18.1. The van der Waals surface area contributed by atoms with Crippen molar-refractivity contribution in [2.24, 2.45) is 0 Å². The summed E-state index contributed by atoms with van der Waals surface area (Å²) in [5.74, 6) is 0.0653. The molecular formula is C51H34N2. The normalized spacial score (nSPS) is 14.0. The molecule has 1 unspecified atom stereocenters. The molecule has 0 saturated carbocycles. The van der Waals surface area contributed by atoms with E-state index in [1.807, 2.05) is 12.1 Å². The molecule has 1 aliphatic rings. The van der Waals surface area contributed by atoms with E-state index in [-0.39, 0.29) is 5.92 Å². The monoisotopic (exact) mass is 674 g/mol. The van der Waals surface area contributed by atoms with Crippen LogP contribution in [0, 0.1) is 0 Å². The number of hydrogen-bond acceptors (Lipinski definition) is 2. The number of fused-ring (bicyclic) bond motifs is 6. The average molecular weight is 675 g/mol. The Morgan fingerprint density at radius 2 is 1.02 bits per heavy atom. The summed E-state index contributed by atoms with van der Waals surface area (Å²) in [6, 6.07) is 64.7. The zero-order valence-electron chi connectivity index (χ0n) is 29.1. The van der Waals surface area contributed by atoms with Gasteiger partial charge in [0.25, 0.3) is 0 Å². The number of benzene rings is 7. The minimum atomic E-state index is 0.0653. The highest BCUT2D eigenvalue weighted by Gasteiger charge is 2.27. The van der Waals surface area contributed by atoms with Gasteiger partial charge >= 0.3 is 0 Å². The van der Waals surface area contributed by atoms with Gasteiger partial charge in [0, 0.05) is 27.8 Å². The van der Waals surface area contributed by atoms with Crippen molar-refractivity contribution in [2.45, 2.75) is 5.92 Å². The smallest absolute Gasteiger partial charge is 0.0978 e. The van der Waals surface area contributed by atoms with Gasteiger partial charge in [-0.1, -0.05) is 164 Å². The van der Waals surface area contributed by atoms with E-state index in [1.54, 1.807) is 0 Å². The van der Waals surface area contributed by atoms with Crippen LogP contribution in [-0.4, -0.2) is 9.97 Å². The fourth-order valence-corrected chi connectivity index (χ4v) is 8.04. The molecule has 7 aromatic carbocycles. The molecule has 2 heterocycles. The molecule has 53 heavy (non-hydrogen) atoms. The second-order valence-corrected chi connectivity index (χ2v) is 13.8. The molecule has 0 aliphatic heterocycles. The number of rotatable bonds is 5. The molecule has 2 nitrogen and oxygen atoms in total. The van der Waals surface area contributed by atoms with E-state index in [0.717, 1.165) is 61.0 Å². The Morgan fingerprint density at radius 1 is 0.415 bits per heavy atom. The third-order valence-electron chi connectivity index (χ3n) is 10.7. The lowest BCUT2D eigenvalue weighted by Gasteiger charge is -2.29. The summed E-state index contributed by atoms with van der Waals surface area (Å²) in [5, 5.41) is 4.60. The Bertz CT molecular complexity index is 2890. The second kappa shape index (κ2) is 12.7. The van der Waals surface area contributed by atoms with Crippen LogP contribution in [0.4, 0.5) is 0 Å². The molecule has 0 radical (unpaired) electrons. The molecule has 248 valence electrons. The lowest BCUT2D eigenvalue weighted by molar-refractivity contribution is 1.09. The molecule has 1 aliphatic carbocycles. The lowest BCUT2D eigenvalue weighted by atomic mass is 9.74. The van der Waals surface area contributed by atoms with Crippen LogP contribution >= 0.6 is 0 Å². The van der Waals surface area contributed by atoms with Crippen molar-refractivity contribution in [3.05, 3.63) is 217 Å². The van der Waals surface area contributed by atoms with E-state index >= 15 is 0 Å². The van der Waals surface area contributed by atoms with Crippen LogP contribution in [0.15, 0.2) is 195 Å². The van der Waals surface area contributed by atoms with Gasteiger partial charge in [0.15, 0.2) is 0 Å². The summed E-state index contributed by atoms with van der Waals surface area (Å²) in [5.41, 5.74) is 15.3. The molecule has 9 aromatic rings. The number of allylic oxidation sites excluding steroid dienone is 2. The third-order valence-corrected chi connectivity index (χ3v) is 10.7. The molecular weight excluding hydrogens is 641 g/mol. The highest BCUT2D eigenvalue weighted by Crippen LogP contribution is 2.47. The van der Waals surface area contributed by atoms with Gasteiger partial charge in [-0.25, -0.2) is 9.97 Å². The van der Waals surface area contributed by atoms with Gasteiger partial charge in [0.05, 0.1) is 22.4 Å². The van der Waals surface area contributed by atoms with Gasteiger partial charge in [-0.05, 0) is 85.6 Å². The second-order valence-electron chi connectivity index (χ2n) is 13.8. The first kappa shape index (κ1) is 30.9. The largest absolute Gasteiger partial charge is 0.245 e. The summed E-state index contributed by atoms with van der Waals surface area (Å²) in [6.07, 6.45) is 2.42. The van der Waals surface area contributed by atoms with Crippen molar-refractivity contribution >= 4 is 43.7 Å². The van der Waals surface area contributed by atoms with Crippen molar-refractivity contribution in [3.8, 4) is 33.6 Å². The van der Waals surface area contributed by atoms with Crippen LogP contribution in [0.25, 0.3) is 77.4 Å². The van der Waals surface area contributed by atoms with Crippen LogP contribution in [0.1, 0.15) is 28.2 Å². The Morgan fingerprint density at radius 3 is 1.77 bits per heavy atom. The molecule has 10 rings (SSSR count). The van der Waals surface area contributed by atoms with Crippen molar-refractivity contribution in [1.29, 1.82) is 0 Å². The highest BCUT2D eigenvalue weighted by atomic mass is 14.8. The van der Waals surface area contributed by atoms with Crippen molar-refractivity contribution < 1.29 is 0 Å². The molecule has 0 fully saturated rings. The number of nitrogens with zero attached hydrogens (tertiary/aromatic N) is 2. The Balaban J connectivity index is 1.19. The summed E-state index contributed by atoms with van der Waals surface area (Å²) < 4.78 is 0. The van der Waals surface area contributed by atoms with Gasteiger partial charge < -0.3 is 0 Å². The predicted octanol–water partition coefficient (Wildman–Crippen LogP) is 13.2. The lowest BCUT2D eigenvalue weighted by Crippen LogP contribution is -2.09. The van der Waals surface area contributed by atoms with Gasteiger partial charge in [-0.3, -0.25) is 0 Å². The number of aromatic nitrogens is 2. The Labute approximate surface area is 309 Å². The van der Waals surface area contributed by atoms with Crippen molar-refractivity contribution in [1.82, 2.24) is 9.97 Å². The molecule has 0 bridgehead atoms. The fourth-order valence-electron chi connectivity index (χ4n) is 8.04. The van der Waals surface area contributed by atoms with Gasteiger partial charge in [-0.2, -0.15) is 0 Å². The minimum Gasteiger partial charge on any atom is -0.245 e. The first-order chi connectivity index (χ1) is 26.2. The highest BCUT2D eigenvalue weighted by molar-refractivity contribution is 6.12. The zero-order valence-corrected chi connectivity index (χ0v) is 29.1. The van der Waals surface area contributed by atoms with Crippen LogP contribution in [0.2, 0.25) is 0 Å². The molecule has 2 heteroatoms. The molecule has 0 spiro atoms. The van der Waals surface area contributed by atoms with Crippen molar-refractivity contribution in [3.63, 3.8) is 0 Å². The maximum atomic E-state index is 5.34. The van der Waals surface area contributed by atoms with E-state index in [0.29, 0.717) is 0 Å². The summed E-state index contributed by atoms with van der Waals surface area (Å²) in [6.45, 7) is 4.67. The summed E-state index contributed by atoms with van der Waals surface area (Å²) >= 11 is 0. The van der Waals surface area contributed by atoms with E-state index in [2.05, 4.69) is 183 Å². The Hall–Kier alpha value is -6.90. The predicted molar refractivity (Wildman–Crippen MR) is 223 cm³/mol. The van der Waals surface area contributed by atoms with Crippen LogP contribution < -0.4 is 0 Å². The van der Waals surface area contributed by atoms with E-state index in [9.17, 15) is 0 Å². The summed E-state index contributed by atoms with van der Waals surface area (Å²) in [4.78, 5) is 10.6. The van der Waals surface area contributed by atoms with Gasteiger partial charge in [0.2, 0.25) is 0 Å². The molecule has 0 N–H and O–H groups in total. The average Bonchev–Trinajstić information content (AvgIpc) is 3.24. The topological polar surface area (TPSA) is 25.8 Å². The molecule has 0 amide bonds. The zero-order chi connectivity index (χ0) is 35.3. The van der Waals surface area contributed by atoms with E-state index < -0.39 is 0 Å². The van der Waals surface area contributed by atoms with Crippen LogP contribution in [-0.2, 0) is 0 Å². The van der Waals surface area contributed by atoms with Gasteiger partial charge in [0.1, 0.15) is 0 Å². The maximum Gasteiger partial charge on any atom is 0.0978 e. The minimum absolute atomic E-state index is 0.0653. The third kappa shape index (κ3) is 5.35.